The Morgan fingerprint density at radius 1 is 1.43 bits per heavy atom. The summed E-state index contributed by atoms with van der Waals surface area (Å²) >= 11 is 0. The summed E-state index contributed by atoms with van der Waals surface area (Å²) in [5.41, 5.74) is 0. The first-order chi connectivity index (χ1) is 6.70. The van der Waals surface area contributed by atoms with Gasteiger partial charge < -0.3 is 5.32 Å². The van der Waals surface area contributed by atoms with Crippen molar-refractivity contribution in [3.63, 3.8) is 0 Å². The van der Waals surface area contributed by atoms with E-state index in [2.05, 4.69) is 29.2 Å². The number of rotatable bonds is 6. The molecule has 0 atom stereocenters. The Bertz CT molecular complexity index is 254. The predicted octanol–water partition coefficient (Wildman–Crippen LogP) is 1.14. The van der Waals surface area contributed by atoms with Crippen LogP contribution >= 0.6 is 0 Å². The fourth-order valence-electron chi connectivity index (χ4n) is 1.35. The fourth-order valence-corrected chi connectivity index (χ4v) is 1.35. The third-order valence-electron chi connectivity index (χ3n) is 2.18. The highest BCUT2D eigenvalue weighted by atomic mass is 15.3. The molecule has 1 N–H and O–H groups in total. The van der Waals surface area contributed by atoms with E-state index in [-0.39, 0.29) is 0 Å². The Kier molecular flexibility index (Phi) is 4.59. The molecule has 1 aromatic rings. The Balaban J connectivity index is 2.08. The van der Waals surface area contributed by atoms with Crippen LogP contribution in [-0.2, 0) is 13.5 Å². The lowest BCUT2D eigenvalue weighted by Gasteiger charge is -2.06. The zero-order valence-corrected chi connectivity index (χ0v) is 9.32. The molecular formula is C10H20N4. The molecule has 0 radical (unpaired) electrons. The van der Waals surface area contributed by atoms with Gasteiger partial charge in [0, 0.05) is 19.5 Å². The molecule has 0 saturated heterocycles. The van der Waals surface area contributed by atoms with Crippen molar-refractivity contribution >= 4 is 0 Å². The van der Waals surface area contributed by atoms with E-state index in [0.717, 1.165) is 18.8 Å². The van der Waals surface area contributed by atoms with Gasteiger partial charge in [-0.3, -0.25) is 4.68 Å². The summed E-state index contributed by atoms with van der Waals surface area (Å²) in [7, 11) is 1.94. The topological polar surface area (TPSA) is 42.7 Å². The summed E-state index contributed by atoms with van der Waals surface area (Å²) in [6, 6.07) is 0.588. The molecule has 80 valence electrons. The molecule has 1 heterocycles. The minimum absolute atomic E-state index is 0.588. The molecule has 0 fully saturated rings. The van der Waals surface area contributed by atoms with Gasteiger partial charge in [-0.2, -0.15) is 5.10 Å². The van der Waals surface area contributed by atoms with Crippen LogP contribution in [0.25, 0.3) is 0 Å². The number of nitrogens with one attached hydrogen (secondary N) is 1. The van der Waals surface area contributed by atoms with Gasteiger partial charge in [0.05, 0.1) is 0 Å². The smallest absolute Gasteiger partial charge is 0.138 e. The number of hydrogen-bond acceptors (Lipinski definition) is 3. The van der Waals surface area contributed by atoms with Gasteiger partial charge in [-0.05, 0) is 19.4 Å². The SMILES string of the molecule is CC(C)NCCCCc1ncnn1C. The average Bonchev–Trinajstić information content (AvgIpc) is 2.51. The maximum Gasteiger partial charge on any atom is 0.138 e. The van der Waals surface area contributed by atoms with Gasteiger partial charge in [0.2, 0.25) is 0 Å². The number of nitrogens with zero attached hydrogens (tertiary/aromatic N) is 3. The van der Waals surface area contributed by atoms with Gasteiger partial charge in [-0.25, -0.2) is 4.98 Å². The lowest BCUT2D eigenvalue weighted by molar-refractivity contribution is 0.549. The molecule has 0 amide bonds. The van der Waals surface area contributed by atoms with Crippen molar-refractivity contribution in [2.75, 3.05) is 6.54 Å². The molecule has 0 aromatic carbocycles. The van der Waals surface area contributed by atoms with Crippen molar-refractivity contribution in [3.8, 4) is 0 Å². The first-order valence-corrected chi connectivity index (χ1v) is 5.26. The number of hydrogen-bond donors (Lipinski definition) is 1. The minimum atomic E-state index is 0.588. The Morgan fingerprint density at radius 3 is 2.79 bits per heavy atom. The van der Waals surface area contributed by atoms with Crippen molar-refractivity contribution in [3.05, 3.63) is 12.2 Å². The van der Waals surface area contributed by atoms with Crippen molar-refractivity contribution in [1.29, 1.82) is 0 Å². The molecule has 4 heteroatoms. The Hall–Kier alpha value is -0.900. The zero-order chi connectivity index (χ0) is 10.4. The molecule has 0 saturated carbocycles. The number of aromatic nitrogens is 3. The molecule has 0 aliphatic rings. The second-order valence-electron chi connectivity index (χ2n) is 3.87. The second-order valence-corrected chi connectivity index (χ2v) is 3.87. The van der Waals surface area contributed by atoms with E-state index in [0.29, 0.717) is 6.04 Å². The van der Waals surface area contributed by atoms with Crippen molar-refractivity contribution in [2.24, 2.45) is 7.05 Å². The first-order valence-electron chi connectivity index (χ1n) is 5.26. The molecule has 0 aliphatic carbocycles. The third kappa shape index (κ3) is 3.87. The highest BCUT2D eigenvalue weighted by Gasteiger charge is 1.99. The summed E-state index contributed by atoms with van der Waals surface area (Å²) in [4.78, 5) is 4.18. The summed E-state index contributed by atoms with van der Waals surface area (Å²) in [5, 5.41) is 7.43. The van der Waals surface area contributed by atoms with E-state index < -0.39 is 0 Å². The number of aryl methyl sites for hydroxylation is 2. The second kappa shape index (κ2) is 5.75. The molecule has 4 nitrogen and oxygen atoms in total. The molecule has 1 aromatic heterocycles. The monoisotopic (exact) mass is 196 g/mol. The van der Waals surface area contributed by atoms with Crippen molar-refractivity contribution in [2.45, 2.75) is 39.2 Å². The predicted molar refractivity (Wildman–Crippen MR) is 57.1 cm³/mol. The maximum absolute atomic E-state index is 4.18. The molecule has 14 heavy (non-hydrogen) atoms. The first kappa shape index (κ1) is 11.2. The maximum atomic E-state index is 4.18. The van der Waals surface area contributed by atoms with Crippen LogP contribution < -0.4 is 5.32 Å². The van der Waals surface area contributed by atoms with Crippen LogP contribution in [0.5, 0.6) is 0 Å². The summed E-state index contributed by atoms with van der Waals surface area (Å²) in [5.74, 6) is 1.08. The van der Waals surface area contributed by atoms with E-state index in [1.54, 1.807) is 6.33 Å². The van der Waals surface area contributed by atoms with E-state index in [9.17, 15) is 0 Å². The Morgan fingerprint density at radius 2 is 2.21 bits per heavy atom. The highest BCUT2D eigenvalue weighted by molar-refractivity contribution is 4.82. The lowest BCUT2D eigenvalue weighted by Crippen LogP contribution is -2.23. The average molecular weight is 196 g/mol. The molecular weight excluding hydrogens is 176 g/mol. The van der Waals surface area contributed by atoms with E-state index in [1.807, 2.05) is 11.7 Å². The molecule has 0 spiro atoms. The minimum Gasteiger partial charge on any atom is -0.315 e. The third-order valence-corrected chi connectivity index (χ3v) is 2.18. The van der Waals surface area contributed by atoms with Crippen LogP contribution in [0.2, 0.25) is 0 Å². The van der Waals surface area contributed by atoms with E-state index >= 15 is 0 Å². The normalized spacial score (nSPS) is 11.1. The molecule has 0 unspecified atom stereocenters. The fraction of sp³-hybridized carbons (Fsp3) is 0.800. The van der Waals surface area contributed by atoms with Crippen LogP contribution in [0, 0.1) is 0 Å². The van der Waals surface area contributed by atoms with Gasteiger partial charge >= 0.3 is 0 Å². The number of unbranched alkanes of at least 4 members (excludes halogenated alkanes) is 1. The van der Waals surface area contributed by atoms with Gasteiger partial charge in [0.1, 0.15) is 12.2 Å². The largest absolute Gasteiger partial charge is 0.315 e. The van der Waals surface area contributed by atoms with Crippen LogP contribution in [-0.4, -0.2) is 27.4 Å². The molecule has 1 rings (SSSR count). The summed E-state index contributed by atoms with van der Waals surface area (Å²) in [6.45, 7) is 5.43. The van der Waals surface area contributed by atoms with Crippen LogP contribution in [0.1, 0.15) is 32.5 Å². The highest BCUT2D eigenvalue weighted by Crippen LogP contribution is 1.99. The molecule has 0 aliphatic heterocycles. The van der Waals surface area contributed by atoms with Crippen molar-refractivity contribution < 1.29 is 0 Å². The van der Waals surface area contributed by atoms with Gasteiger partial charge in [0.15, 0.2) is 0 Å². The Labute approximate surface area is 85.7 Å². The summed E-state index contributed by atoms with van der Waals surface area (Å²) in [6.07, 6.45) is 5.01. The lowest BCUT2D eigenvalue weighted by atomic mass is 10.2. The van der Waals surface area contributed by atoms with E-state index in [4.69, 9.17) is 0 Å². The van der Waals surface area contributed by atoms with Crippen LogP contribution in [0.3, 0.4) is 0 Å². The van der Waals surface area contributed by atoms with Crippen LogP contribution in [0.4, 0.5) is 0 Å². The zero-order valence-electron chi connectivity index (χ0n) is 9.32. The molecule has 0 bridgehead atoms. The quantitative estimate of drug-likeness (QED) is 0.694. The summed E-state index contributed by atoms with van der Waals surface area (Å²) < 4.78 is 1.84. The van der Waals surface area contributed by atoms with E-state index in [1.165, 1.54) is 12.8 Å². The van der Waals surface area contributed by atoms with Gasteiger partial charge in [-0.15, -0.1) is 0 Å². The standard InChI is InChI=1S/C10H20N4/c1-9(2)11-7-5-4-6-10-12-8-13-14(10)3/h8-9,11H,4-7H2,1-3H3. The van der Waals surface area contributed by atoms with Crippen molar-refractivity contribution in [1.82, 2.24) is 20.1 Å². The van der Waals surface area contributed by atoms with Gasteiger partial charge in [-0.1, -0.05) is 13.8 Å². The van der Waals surface area contributed by atoms with Gasteiger partial charge in [0.25, 0.3) is 0 Å². The van der Waals surface area contributed by atoms with Crippen LogP contribution in [0.15, 0.2) is 6.33 Å².